The second-order valence-corrected chi connectivity index (χ2v) is 6.06. The van der Waals surface area contributed by atoms with Crippen LogP contribution in [0.1, 0.15) is 5.56 Å². The highest BCUT2D eigenvalue weighted by molar-refractivity contribution is 7.98. The van der Waals surface area contributed by atoms with Gasteiger partial charge in [-0.3, -0.25) is 0 Å². The van der Waals surface area contributed by atoms with Crippen LogP contribution >= 0.6 is 23.3 Å². The Balaban J connectivity index is 1.84. The maximum atomic E-state index is 4.07. The minimum atomic E-state index is 0.965. The van der Waals surface area contributed by atoms with Gasteiger partial charge >= 0.3 is 0 Å². The average molecular weight is 279 g/mol. The van der Waals surface area contributed by atoms with Crippen LogP contribution in [-0.4, -0.2) is 40.9 Å². The maximum Gasteiger partial charge on any atom is 0.105 e. The lowest BCUT2D eigenvalue weighted by Gasteiger charge is -2.08. The predicted octanol–water partition coefficient (Wildman–Crippen LogP) is 3.00. The molecule has 0 spiro atoms. The molecular weight excluding hydrogens is 262 g/mol. The van der Waals surface area contributed by atoms with E-state index < -0.39 is 0 Å². The van der Waals surface area contributed by atoms with Crippen LogP contribution in [0.15, 0.2) is 29.6 Å². The third kappa shape index (κ3) is 4.08. The minimum absolute atomic E-state index is 0.965. The van der Waals surface area contributed by atoms with Gasteiger partial charge < -0.3 is 4.90 Å². The van der Waals surface area contributed by atoms with Gasteiger partial charge in [0.2, 0.25) is 0 Å². The van der Waals surface area contributed by atoms with Crippen molar-refractivity contribution < 1.29 is 0 Å². The molecule has 0 bridgehead atoms. The van der Waals surface area contributed by atoms with E-state index in [-0.39, 0.29) is 0 Å². The van der Waals surface area contributed by atoms with E-state index in [1.807, 2.05) is 17.1 Å². The van der Waals surface area contributed by atoms with Crippen molar-refractivity contribution in [3.63, 3.8) is 0 Å². The van der Waals surface area contributed by atoms with Gasteiger partial charge in [-0.1, -0.05) is 28.8 Å². The normalized spacial score (nSPS) is 11.1. The Kier molecular flexibility index (Phi) is 5.16. The van der Waals surface area contributed by atoms with Gasteiger partial charge in [0.25, 0.3) is 0 Å². The molecule has 3 nitrogen and oxygen atoms in total. The third-order valence-corrected chi connectivity index (χ3v) is 4.07. The van der Waals surface area contributed by atoms with E-state index in [4.69, 9.17) is 0 Å². The molecule has 5 heteroatoms. The van der Waals surface area contributed by atoms with E-state index in [2.05, 4.69) is 52.8 Å². The lowest BCUT2D eigenvalue weighted by molar-refractivity contribution is 0.437. The first-order chi connectivity index (χ1) is 8.75. The van der Waals surface area contributed by atoms with E-state index in [0.717, 1.165) is 23.6 Å². The molecule has 1 heterocycles. The number of benzene rings is 1. The summed E-state index contributed by atoms with van der Waals surface area (Å²) >= 11 is 3.36. The highest BCUT2D eigenvalue weighted by atomic mass is 32.2. The van der Waals surface area contributed by atoms with Gasteiger partial charge in [-0.2, -0.15) is 11.8 Å². The molecule has 0 aliphatic carbocycles. The Morgan fingerprint density at radius 3 is 2.61 bits per heavy atom. The molecule has 96 valence electrons. The van der Waals surface area contributed by atoms with Crippen LogP contribution in [-0.2, 0) is 5.75 Å². The Labute approximate surface area is 116 Å². The van der Waals surface area contributed by atoms with E-state index in [1.54, 1.807) is 0 Å². The zero-order valence-corrected chi connectivity index (χ0v) is 12.3. The zero-order chi connectivity index (χ0) is 12.8. The number of rotatable bonds is 6. The van der Waals surface area contributed by atoms with Crippen LogP contribution in [0.4, 0.5) is 0 Å². The monoisotopic (exact) mass is 279 g/mol. The summed E-state index contributed by atoms with van der Waals surface area (Å²) in [7, 11) is 4.22. The van der Waals surface area contributed by atoms with Crippen molar-refractivity contribution in [2.45, 2.75) is 5.75 Å². The van der Waals surface area contributed by atoms with Gasteiger partial charge in [0, 0.05) is 29.0 Å². The van der Waals surface area contributed by atoms with Gasteiger partial charge in [-0.15, -0.1) is 5.10 Å². The van der Waals surface area contributed by atoms with Crippen molar-refractivity contribution >= 4 is 23.3 Å². The number of nitrogens with zero attached hydrogens (tertiary/aromatic N) is 3. The highest BCUT2D eigenvalue weighted by Gasteiger charge is 2.01. The summed E-state index contributed by atoms with van der Waals surface area (Å²) in [5.74, 6) is 2.24. The van der Waals surface area contributed by atoms with Crippen molar-refractivity contribution in [1.29, 1.82) is 0 Å². The SMILES string of the molecule is CN(C)CCSCc1ccc(-c2csnn2)cc1. The minimum Gasteiger partial charge on any atom is -0.309 e. The molecular formula is C13H17N3S2. The first-order valence-corrected chi connectivity index (χ1v) is 7.83. The van der Waals surface area contributed by atoms with E-state index in [0.29, 0.717) is 0 Å². The Morgan fingerprint density at radius 1 is 1.22 bits per heavy atom. The molecule has 1 aromatic carbocycles. The predicted molar refractivity (Wildman–Crippen MR) is 80.1 cm³/mol. The summed E-state index contributed by atoms with van der Waals surface area (Å²) < 4.78 is 3.88. The van der Waals surface area contributed by atoms with Crippen LogP contribution in [0.2, 0.25) is 0 Å². The lowest BCUT2D eigenvalue weighted by Crippen LogP contribution is -2.14. The van der Waals surface area contributed by atoms with Crippen molar-refractivity contribution in [3.05, 3.63) is 35.2 Å². The van der Waals surface area contributed by atoms with Crippen LogP contribution in [0.3, 0.4) is 0 Å². The Morgan fingerprint density at radius 2 is 2.00 bits per heavy atom. The Bertz CT molecular complexity index is 452. The van der Waals surface area contributed by atoms with Gasteiger partial charge in [0.1, 0.15) is 5.69 Å². The first-order valence-electron chi connectivity index (χ1n) is 5.84. The molecule has 0 N–H and O–H groups in total. The van der Waals surface area contributed by atoms with Crippen molar-refractivity contribution in [3.8, 4) is 11.3 Å². The summed E-state index contributed by atoms with van der Waals surface area (Å²) in [5.41, 5.74) is 3.48. The van der Waals surface area contributed by atoms with Crippen LogP contribution in [0.25, 0.3) is 11.3 Å². The van der Waals surface area contributed by atoms with Crippen molar-refractivity contribution in [2.24, 2.45) is 0 Å². The first kappa shape index (κ1) is 13.5. The molecule has 0 amide bonds. The van der Waals surface area contributed by atoms with Crippen LogP contribution in [0, 0.1) is 0 Å². The maximum absolute atomic E-state index is 4.07. The van der Waals surface area contributed by atoms with Crippen LogP contribution in [0.5, 0.6) is 0 Å². The molecule has 2 rings (SSSR count). The topological polar surface area (TPSA) is 29.0 Å². The fourth-order valence-electron chi connectivity index (χ4n) is 1.50. The van der Waals surface area contributed by atoms with E-state index >= 15 is 0 Å². The quantitative estimate of drug-likeness (QED) is 0.760. The highest BCUT2D eigenvalue weighted by Crippen LogP contribution is 2.20. The standard InChI is InChI=1S/C13H17N3S2/c1-16(2)7-8-17-9-11-3-5-12(6-4-11)13-10-18-15-14-13/h3-6,10H,7-9H2,1-2H3. The average Bonchev–Trinajstić information content (AvgIpc) is 2.89. The van der Waals surface area contributed by atoms with Crippen molar-refractivity contribution in [2.75, 3.05) is 26.4 Å². The molecule has 0 unspecified atom stereocenters. The van der Waals surface area contributed by atoms with Gasteiger partial charge in [-0.25, -0.2) is 0 Å². The molecule has 0 aliphatic heterocycles. The largest absolute Gasteiger partial charge is 0.309 e. The molecule has 0 aliphatic rings. The number of hydrogen-bond donors (Lipinski definition) is 0. The van der Waals surface area contributed by atoms with E-state index in [1.165, 1.54) is 22.8 Å². The summed E-state index contributed by atoms with van der Waals surface area (Å²) in [6.45, 7) is 1.13. The number of aromatic nitrogens is 2. The molecule has 0 fully saturated rings. The third-order valence-electron chi connectivity index (χ3n) is 2.56. The van der Waals surface area contributed by atoms with Gasteiger partial charge in [-0.05, 0) is 31.2 Å². The molecule has 0 atom stereocenters. The molecule has 0 radical (unpaired) electrons. The molecule has 0 saturated heterocycles. The van der Waals surface area contributed by atoms with Crippen LogP contribution < -0.4 is 0 Å². The van der Waals surface area contributed by atoms with Gasteiger partial charge in [0.05, 0.1) is 0 Å². The second-order valence-electron chi connectivity index (χ2n) is 4.34. The van der Waals surface area contributed by atoms with E-state index in [9.17, 15) is 0 Å². The molecule has 1 aromatic heterocycles. The second kappa shape index (κ2) is 6.87. The summed E-state index contributed by atoms with van der Waals surface area (Å²) in [5, 5.41) is 6.04. The van der Waals surface area contributed by atoms with Crippen molar-refractivity contribution in [1.82, 2.24) is 14.5 Å². The fourth-order valence-corrected chi connectivity index (χ4v) is 3.03. The molecule has 2 aromatic rings. The fraction of sp³-hybridized carbons (Fsp3) is 0.385. The summed E-state index contributed by atoms with van der Waals surface area (Å²) in [6, 6.07) is 8.60. The smallest absolute Gasteiger partial charge is 0.105 e. The Hall–Kier alpha value is -0.910. The lowest BCUT2D eigenvalue weighted by atomic mass is 10.1. The number of thioether (sulfide) groups is 1. The number of hydrogen-bond acceptors (Lipinski definition) is 5. The summed E-state index contributed by atoms with van der Waals surface area (Å²) in [6.07, 6.45) is 0. The van der Waals surface area contributed by atoms with Gasteiger partial charge in [0.15, 0.2) is 0 Å². The molecule has 0 saturated carbocycles. The zero-order valence-electron chi connectivity index (χ0n) is 10.7. The summed E-state index contributed by atoms with van der Waals surface area (Å²) in [4.78, 5) is 2.21. The molecule has 18 heavy (non-hydrogen) atoms.